The maximum absolute atomic E-state index is 12.0. The SMILES string of the molecule is CC1(C)OB(c2ccc(NC(=O)NCCc3ccccc3)cc2)OC1(C)C. The van der Waals surface area contributed by atoms with E-state index in [9.17, 15) is 4.79 Å². The van der Waals surface area contributed by atoms with Gasteiger partial charge >= 0.3 is 13.1 Å². The van der Waals surface area contributed by atoms with Crippen molar-refractivity contribution in [1.29, 1.82) is 0 Å². The van der Waals surface area contributed by atoms with Crippen molar-refractivity contribution in [2.75, 3.05) is 11.9 Å². The summed E-state index contributed by atoms with van der Waals surface area (Å²) in [6.45, 7) is 8.71. The van der Waals surface area contributed by atoms with Crippen LogP contribution in [-0.4, -0.2) is 30.9 Å². The average molecular weight is 366 g/mol. The molecule has 0 atom stereocenters. The Bertz CT molecular complexity index is 760. The van der Waals surface area contributed by atoms with E-state index in [1.54, 1.807) is 0 Å². The van der Waals surface area contributed by atoms with Gasteiger partial charge in [-0.2, -0.15) is 0 Å². The minimum absolute atomic E-state index is 0.214. The highest BCUT2D eigenvalue weighted by Gasteiger charge is 2.51. The number of hydrogen-bond donors (Lipinski definition) is 2. The lowest BCUT2D eigenvalue weighted by atomic mass is 9.79. The first kappa shape index (κ1) is 19.5. The van der Waals surface area contributed by atoms with Crippen molar-refractivity contribution in [3.8, 4) is 0 Å². The number of urea groups is 1. The molecule has 0 radical (unpaired) electrons. The Labute approximate surface area is 161 Å². The molecule has 0 saturated carbocycles. The third-order valence-corrected chi connectivity index (χ3v) is 5.24. The standard InChI is InChI=1S/C21H27BN2O3/c1-20(2)21(3,4)27-22(26-20)17-10-12-18(13-11-17)24-19(25)23-15-14-16-8-6-5-7-9-16/h5-13H,14-15H2,1-4H3,(H2,23,24,25). The van der Waals surface area contributed by atoms with E-state index < -0.39 is 7.12 Å². The van der Waals surface area contributed by atoms with E-state index >= 15 is 0 Å². The van der Waals surface area contributed by atoms with Gasteiger partial charge in [0.2, 0.25) is 0 Å². The third kappa shape index (κ3) is 4.70. The summed E-state index contributed by atoms with van der Waals surface area (Å²) < 4.78 is 12.1. The molecule has 1 saturated heterocycles. The van der Waals surface area contributed by atoms with Gasteiger partial charge in [0.05, 0.1) is 11.2 Å². The van der Waals surface area contributed by atoms with Crippen LogP contribution in [-0.2, 0) is 15.7 Å². The summed E-state index contributed by atoms with van der Waals surface area (Å²) in [6, 6.07) is 17.4. The van der Waals surface area contributed by atoms with Gasteiger partial charge in [0, 0.05) is 12.2 Å². The number of carbonyl (C=O) groups is 1. The molecule has 3 rings (SSSR count). The number of hydrogen-bond acceptors (Lipinski definition) is 3. The van der Waals surface area contributed by atoms with Crippen molar-refractivity contribution in [1.82, 2.24) is 5.32 Å². The molecule has 2 amide bonds. The van der Waals surface area contributed by atoms with Gasteiger partial charge in [-0.1, -0.05) is 42.5 Å². The fourth-order valence-electron chi connectivity index (χ4n) is 2.84. The normalized spacial score (nSPS) is 17.6. The Kier molecular flexibility index (Phi) is 5.58. The van der Waals surface area contributed by atoms with Crippen molar-refractivity contribution in [3.05, 3.63) is 60.2 Å². The molecule has 0 bridgehead atoms. The molecule has 1 fully saturated rings. The van der Waals surface area contributed by atoms with E-state index in [1.807, 2.05) is 82.3 Å². The molecule has 0 unspecified atom stereocenters. The summed E-state index contributed by atoms with van der Waals surface area (Å²) in [6.07, 6.45) is 0.801. The van der Waals surface area contributed by atoms with Crippen molar-refractivity contribution >= 4 is 24.3 Å². The Balaban J connectivity index is 1.50. The van der Waals surface area contributed by atoms with Crippen LogP contribution in [0.15, 0.2) is 54.6 Å². The van der Waals surface area contributed by atoms with Gasteiger partial charge in [0.1, 0.15) is 0 Å². The molecule has 0 aromatic heterocycles. The van der Waals surface area contributed by atoms with Crippen LogP contribution >= 0.6 is 0 Å². The summed E-state index contributed by atoms with van der Waals surface area (Å²) in [4.78, 5) is 12.0. The predicted octanol–water partition coefficient (Wildman–Crippen LogP) is 3.35. The third-order valence-electron chi connectivity index (χ3n) is 5.24. The quantitative estimate of drug-likeness (QED) is 0.798. The summed E-state index contributed by atoms with van der Waals surface area (Å²) >= 11 is 0. The van der Waals surface area contributed by atoms with E-state index in [2.05, 4.69) is 10.6 Å². The Morgan fingerprint density at radius 3 is 2.11 bits per heavy atom. The smallest absolute Gasteiger partial charge is 0.399 e. The van der Waals surface area contributed by atoms with E-state index in [0.717, 1.165) is 17.6 Å². The Morgan fingerprint density at radius 1 is 0.926 bits per heavy atom. The Morgan fingerprint density at radius 2 is 1.52 bits per heavy atom. The van der Waals surface area contributed by atoms with Crippen LogP contribution in [0.4, 0.5) is 10.5 Å². The van der Waals surface area contributed by atoms with Crippen LogP contribution in [0.2, 0.25) is 0 Å². The lowest BCUT2D eigenvalue weighted by molar-refractivity contribution is 0.00578. The van der Waals surface area contributed by atoms with Crippen LogP contribution < -0.4 is 16.1 Å². The second-order valence-corrected chi connectivity index (χ2v) is 7.83. The fourth-order valence-corrected chi connectivity index (χ4v) is 2.84. The molecule has 2 aromatic rings. The zero-order valence-electron chi connectivity index (χ0n) is 16.4. The maximum atomic E-state index is 12.0. The number of anilines is 1. The minimum atomic E-state index is -0.399. The molecule has 1 aliphatic rings. The van der Waals surface area contributed by atoms with Gasteiger partial charge in [-0.15, -0.1) is 0 Å². The first-order valence-electron chi connectivity index (χ1n) is 9.31. The van der Waals surface area contributed by atoms with Crippen molar-refractivity contribution in [3.63, 3.8) is 0 Å². The number of amides is 2. The summed E-state index contributed by atoms with van der Waals surface area (Å²) in [5, 5.41) is 5.72. The number of carbonyl (C=O) groups excluding carboxylic acids is 1. The second-order valence-electron chi connectivity index (χ2n) is 7.83. The molecule has 0 spiro atoms. The van der Waals surface area contributed by atoms with Gasteiger partial charge in [-0.05, 0) is 57.3 Å². The number of nitrogens with one attached hydrogen (secondary N) is 2. The highest BCUT2D eigenvalue weighted by Crippen LogP contribution is 2.36. The zero-order chi connectivity index (χ0) is 19.5. The van der Waals surface area contributed by atoms with Crippen LogP contribution in [0.5, 0.6) is 0 Å². The molecule has 142 valence electrons. The molecule has 1 heterocycles. The molecule has 1 aliphatic heterocycles. The molecule has 27 heavy (non-hydrogen) atoms. The van der Waals surface area contributed by atoms with Gasteiger partial charge in [0.25, 0.3) is 0 Å². The van der Waals surface area contributed by atoms with E-state index in [-0.39, 0.29) is 17.2 Å². The number of benzene rings is 2. The topological polar surface area (TPSA) is 59.6 Å². The summed E-state index contributed by atoms with van der Waals surface area (Å²) in [5.74, 6) is 0. The van der Waals surface area contributed by atoms with Gasteiger partial charge < -0.3 is 19.9 Å². The van der Waals surface area contributed by atoms with E-state index in [0.29, 0.717) is 6.54 Å². The van der Waals surface area contributed by atoms with Crippen LogP contribution in [0.1, 0.15) is 33.3 Å². The molecular formula is C21H27BN2O3. The van der Waals surface area contributed by atoms with Crippen molar-refractivity contribution in [2.45, 2.75) is 45.3 Å². The highest BCUT2D eigenvalue weighted by atomic mass is 16.7. The van der Waals surface area contributed by atoms with Crippen molar-refractivity contribution < 1.29 is 14.1 Å². The zero-order valence-corrected chi connectivity index (χ0v) is 16.4. The summed E-state index contributed by atoms with van der Waals surface area (Å²) in [7, 11) is -0.399. The first-order chi connectivity index (χ1) is 12.8. The van der Waals surface area contributed by atoms with Gasteiger partial charge in [-0.25, -0.2) is 4.79 Å². The largest absolute Gasteiger partial charge is 0.494 e. The molecule has 2 N–H and O–H groups in total. The molecule has 0 aliphatic carbocycles. The Hall–Kier alpha value is -2.31. The predicted molar refractivity (Wildman–Crippen MR) is 109 cm³/mol. The first-order valence-corrected chi connectivity index (χ1v) is 9.31. The monoisotopic (exact) mass is 366 g/mol. The van der Waals surface area contributed by atoms with Gasteiger partial charge in [-0.3, -0.25) is 0 Å². The lowest BCUT2D eigenvalue weighted by Gasteiger charge is -2.32. The molecule has 2 aromatic carbocycles. The van der Waals surface area contributed by atoms with Crippen LogP contribution in [0, 0.1) is 0 Å². The molecule has 5 nitrogen and oxygen atoms in total. The second kappa shape index (κ2) is 7.75. The number of rotatable bonds is 5. The molecule has 6 heteroatoms. The minimum Gasteiger partial charge on any atom is -0.399 e. The van der Waals surface area contributed by atoms with Gasteiger partial charge in [0.15, 0.2) is 0 Å². The van der Waals surface area contributed by atoms with E-state index in [4.69, 9.17) is 9.31 Å². The fraction of sp³-hybridized carbons (Fsp3) is 0.381. The molecular weight excluding hydrogens is 339 g/mol. The summed E-state index contributed by atoms with van der Waals surface area (Å²) in [5.41, 5.74) is 2.13. The highest BCUT2D eigenvalue weighted by molar-refractivity contribution is 6.62. The maximum Gasteiger partial charge on any atom is 0.494 e. The van der Waals surface area contributed by atoms with Crippen LogP contribution in [0.3, 0.4) is 0 Å². The average Bonchev–Trinajstić information content (AvgIpc) is 2.84. The lowest BCUT2D eigenvalue weighted by Crippen LogP contribution is -2.41. The van der Waals surface area contributed by atoms with E-state index in [1.165, 1.54) is 5.56 Å². The van der Waals surface area contributed by atoms with Crippen molar-refractivity contribution in [2.24, 2.45) is 0 Å². The van der Waals surface area contributed by atoms with Crippen LogP contribution in [0.25, 0.3) is 0 Å².